The van der Waals surface area contributed by atoms with E-state index >= 15 is 0 Å². The second-order valence-electron chi connectivity index (χ2n) is 8.94. The SMILES string of the molecule is Cc1nc(C(=O)N2CCC(CN(C)C(=O)OC(C)(C)C)CC2)nn1-c1ccccc1Cl. The number of piperidine rings is 1. The highest BCUT2D eigenvalue weighted by molar-refractivity contribution is 6.32. The molecule has 0 aliphatic carbocycles. The Kier molecular flexibility index (Phi) is 6.89. The predicted octanol–water partition coefficient (Wildman–Crippen LogP) is 3.95. The van der Waals surface area contributed by atoms with Crippen LogP contribution in [0.15, 0.2) is 24.3 Å². The Bertz CT molecular complexity index is 945. The summed E-state index contributed by atoms with van der Waals surface area (Å²) in [6.07, 6.45) is 1.29. The first-order chi connectivity index (χ1) is 14.5. The largest absolute Gasteiger partial charge is 0.444 e. The average Bonchev–Trinajstić information content (AvgIpc) is 3.08. The van der Waals surface area contributed by atoms with Gasteiger partial charge < -0.3 is 14.5 Å². The van der Waals surface area contributed by atoms with Gasteiger partial charge in [0.15, 0.2) is 0 Å². The number of carbonyl (C=O) groups is 2. The molecule has 1 aromatic carbocycles. The number of benzene rings is 1. The number of hydrogen-bond acceptors (Lipinski definition) is 5. The van der Waals surface area contributed by atoms with Crippen molar-refractivity contribution in [3.05, 3.63) is 40.9 Å². The van der Waals surface area contributed by atoms with Crippen molar-refractivity contribution >= 4 is 23.6 Å². The summed E-state index contributed by atoms with van der Waals surface area (Å²) in [5.74, 6) is 0.900. The summed E-state index contributed by atoms with van der Waals surface area (Å²) in [5, 5.41) is 4.95. The highest BCUT2D eigenvalue weighted by atomic mass is 35.5. The second kappa shape index (κ2) is 9.26. The highest BCUT2D eigenvalue weighted by Crippen LogP contribution is 2.22. The van der Waals surface area contributed by atoms with Crippen LogP contribution in [-0.4, -0.2) is 68.8 Å². The second-order valence-corrected chi connectivity index (χ2v) is 9.35. The number of para-hydroxylation sites is 1. The zero-order valence-corrected chi connectivity index (χ0v) is 19.5. The minimum Gasteiger partial charge on any atom is -0.444 e. The third kappa shape index (κ3) is 5.76. The van der Waals surface area contributed by atoms with E-state index in [-0.39, 0.29) is 17.8 Å². The molecule has 1 saturated heterocycles. The number of carbonyl (C=O) groups excluding carboxylic acids is 2. The van der Waals surface area contributed by atoms with Crippen LogP contribution in [0.1, 0.15) is 50.1 Å². The van der Waals surface area contributed by atoms with E-state index in [0.717, 1.165) is 12.8 Å². The van der Waals surface area contributed by atoms with Crippen LogP contribution in [0.5, 0.6) is 0 Å². The number of ether oxygens (including phenoxy) is 1. The van der Waals surface area contributed by atoms with Gasteiger partial charge in [0.2, 0.25) is 5.82 Å². The van der Waals surface area contributed by atoms with Gasteiger partial charge in [0.05, 0.1) is 10.7 Å². The molecule has 9 heteroatoms. The Labute approximate surface area is 188 Å². The van der Waals surface area contributed by atoms with Gasteiger partial charge in [0.25, 0.3) is 5.91 Å². The van der Waals surface area contributed by atoms with E-state index in [4.69, 9.17) is 16.3 Å². The van der Waals surface area contributed by atoms with Crippen molar-refractivity contribution in [2.75, 3.05) is 26.7 Å². The van der Waals surface area contributed by atoms with Crippen molar-refractivity contribution in [2.45, 2.75) is 46.1 Å². The van der Waals surface area contributed by atoms with E-state index in [1.165, 1.54) is 0 Å². The van der Waals surface area contributed by atoms with Gasteiger partial charge in [-0.05, 0) is 58.6 Å². The fourth-order valence-electron chi connectivity index (χ4n) is 3.59. The molecule has 0 radical (unpaired) electrons. The molecule has 2 amide bonds. The number of hydrogen-bond donors (Lipinski definition) is 0. The maximum atomic E-state index is 12.9. The molecule has 0 bridgehead atoms. The van der Waals surface area contributed by atoms with Crippen molar-refractivity contribution in [3.63, 3.8) is 0 Å². The van der Waals surface area contributed by atoms with E-state index in [1.807, 2.05) is 39.0 Å². The number of nitrogens with zero attached hydrogens (tertiary/aromatic N) is 5. The lowest BCUT2D eigenvalue weighted by Crippen LogP contribution is -2.43. The Hall–Kier alpha value is -2.61. The molecule has 0 saturated carbocycles. The maximum Gasteiger partial charge on any atom is 0.410 e. The van der Waals surface area contributed by atoms with Crippen molar-refractivity contribution in [2.24, 2.45) is 5.92 Å². The van der Waals surface area contributed by atoms with Crippen molar-refractivity contribution in [3.8, 4) is 5.69 Å². The summed E-state index contributed by atoms with van der Waals surface area (Å²) >= 11 is 6.26. The zero-order chi connectivity index (χ0) is 22.8. The van der Waals surface area contributed by atoms with Crippen LogP contribution >= 0.6 is 11.6 Å². The molecule has 1 aliphatic rings. The van der Waals surface area contributed by atoms with Gasteiger partial charge in [-0.3, -0.25) is 4.79 Å². The van der Waals surface area contributed by atoms with Gasteiger partial charge in [-0.2, -0.15) is 0 Å². The molecule has 2 aromatic rings. The zero-order valence-electron chi connectivity index (χ0n) is 18.8. The van der Waals surface area contributed by atoms with Crippen LogP contribution < -0.4 is 0 Å². The minimum absolute atomic E-state index is 0.168. The van der Waals surface area contributed by atoms with Crippen molar-refractivity contribution in [1.82, 2.24) is 24.6 Å². The van der Waals surface area contributed by atoms with E-state index in [2.05, 4.69) is 10.1 Å². The molecule has 0 atom stereocenters. The maximum absolute atomic E-state index is 12.9. The monoisotopic (exact) mass is 447 g/mol. The summed E-state index contributed by atoms with van der Waals surface area (Å²) in [7, 11) is 1.75. The van der Waals surface area contributed by atoms with Gasteiger partial charge in [0.1, 0.15) is 11.4 Å². The number of aromatic nitrogens is 3. The lowest BCUT2D eigenvalue weighted by atomic mass is 9.96. The number of halogens is 1. The van der Waals surface area contributed by atoms with Crippen LogP contribution in [0.4, 0.5) is 4.79 Å². The van der Waals surface area contributed by atoms with Gasteiger partial charge in [-0.15, -0.1) is 5.10 Å². The fourth-order valence-corrected chi connectivity index (χ4v) is 3.81. The summed E-state index contributed by atoms with van der Waals surface area (Å²) < 4.78 is 7.01. The first-order valence-corrected chi connectivity index (χ1v) is 10.8. The standard InChI is InChI=1S/C22H30ClN5O3/c1-15-24-19(25-28(15)18-9-7-6-8-17(18)23)20(29)27-12-10-16(11-13-27)14-26(5)21(30)31-22(2,3)4/h6-9,16H,10-14H2,1-5H3. The van der Waals surface area contributed by atoms with E-state index in [1.54, 1.807) is 34.5 Å². The summed E-state index contributed by atoms with van der Waals surface area (Å²) in [5.41, 5.74) is 0.178. The smallest absolute Gasteiger partial charge is 0.410 e. The Morgan fingerprint density at radius 3 is 2.48 bits per heavy atom. The number of amides is 2. The quantitative estimate of drug-likeness (QED) is 0.708. The van der Waals surface area contributed by atoms with Gasteiger partial charge in [-0.1, -0.05) is 23.7 Å². The van der Waals surface area contributed by atoms with E-state index in [9.17, 15) is 9.59 Å². The lowest BCUT2D eigenvalue weighted by Gasteiger charge is -2.33. The van der Waals surface area contributed by atoms with Gasteiger partial charge in [-0.25, -0.2) is 14.5 Å². The summed E-state index contributed by atoms with van der Waals surface area (Å²) in [6, 6.07) is 7.32. The summed E-state index contributed by atoms with van der Waals surface area (Å²) in [4.78, 5) is 32.9. The normalized spacial score (nSPS) is 15.1. The van der Waals surface area contributed by atoms with E-state index < -0.39 is 5.60 Å². The first-order valence-electron chi connectivity index (χ1n) is 10.5. The number of rotatable bonds is 4. The van der Waals surface area contributed by atoms with Crippen LogP contribution in [0, 0.1) is 12.8 Å². The minimum atomic E-state index is -0.514. The third-order valence-corrected chi connectivity index (χ3v) is 5.50. The number of aryl methyl sites for hydroxylation is 1. The van der Waals surface area contributed by atoms with Crippen LogP contribution in [0.2, 0.25) is 5.02 Å². The molecule has 2 heterocycles. The van der Waals surface area contributed by atoms with Crippen LogP contribution in [-0.2, 0) is 4.74 Å². The molecule has 1 fully saturated rings. The summed E-state index contributed by atoms with van der Waals surface area (Å²) in [6.45, 7) is 9.17. The molecule has 3 rings (SSSR count). The molecule has 31 heavy (non-hydrogen) atoms. The third-order valence-electron chi connectivity index (χ3n) is 5.18. The molecular formula is C22H30ClN5O3. The van der Waals surface area contributed by atoms with Gasteiger partial charge >= 0.3 is 6.09 Å². The Balaban J connectivity index is 1.58. The van der Waals surface area contributed by atoms with Gasteiger partial charge in [0, 0.05) is 26.7 Å². The fraction of sp³-hybridized carbons (Fsp3) is 0.545. The van der Waals surface area contributed by atoms with E-state index in [0.29, 0.717) is 42.1 Å². The molecule has 168 valence electrons. The predicted molar refractivity (Wildman–Crippen MR) is 119 cm³/mol. The Morgan fingerprint density at radius 1 is 1.23 bits per heavy atom. The lowest BCUT2D eigenvalue weighted by molar-refractivity contribution is 0.0245. The molecule has 8 nitrogen and oxygen atoms in total. The molecule has 0 spiro atoms. The Morgan fingerprint density at radius 2 is 1.87 bits per heavy atom. The topological polar surface area (TPSA) is 80.6 Å². The number of likely N-dealkylation sites (tertiary alicyclic amines) is 1. The van der Waals surface area contributed by atoms with Crippen LogP contribution in [0.3, 0.4) is 0 Å². The molecule has 1 aliphatic heterocycles. The first kappa shape index (κ1) is 23.1. The molecule has 1 aromatic heterocycles. The van der Waals surface area contributed by atoms with Crippen molar-refractivity contribution < 1.29 is 14.3 Å². The molecule has 0 unspecified atom stereocenters. The highest BCUT2D eigenvalue weighted by Gasteiger charge is 2.29. The molecule has 0 N–H and O–H groups in total. The van der Waals surface area contributed by atoms with Crippen LogP contribution in [0.25, 0.3) is 5.69 Å². The average molecular weight is 448 g/mol. The van der Waals surface area contributed by atoms with Crippen molar-refractivity contribution in [1.29, 1.82) is 0 Å². The molecular weight excluding hydrogens is 418 g/mol.